The van der Waals surface area contributed by atoms with Crippen molar-refractivity contribution in [3.63, 3.8) is 0 Å². The van der Waals surface area contributed by atoms with Crippen LogP contribution in [0.2, 0.25) is 0 Å². The fraction of sp³-hybridized carbons (Fsp3) is 0.714. The van der Waals surface area contributed by atoms with Crippen LogP contribution in [0.3, 0.4) is 0 Å². The van der Waals surface area contributed by atoms with E-state index in [0.29, 0.717) is 5.41 Å². The summed E-state index contributed by atoms with van der Waals surface area (Å²) in [5, 5.41) is 0. The van der Waals surface area contributed by atoms with Gasteiger partial charge in [0.05, 0.1) is 0 Å². The molecule has 2 rings (SSSR count). The fourth-order valence-electron chi connectivity index (χ4n) is 2.79. The number of fused-ring (bicyclic) bond motifs is 2. The Labute approximate surface area is 88.1 Å². The second kappa shape index (κ2) is 3.92. The van der Waals surface area contributed by atoms with E-state index in [1.54, 1.807) is 5.57 Å². The molecule has 1 fully saturated rings. The van der Waals surface area contributed by atoms with Gasteiger partial charge in [-0.15, -0.1) is 0 Å². The highest BCUT2D eigenvalue weighted by Gasteiger charge is 2.32. The van der Waals surface area contributed by atoms with Crippen molar-refractivity contribution in [2.24, 2.45) is 11.3 Å². The standard InChI is InChI=1S/C14H22/c1-14(2)10-6-4-3-5-7-12-8-9-13(14)11-12/h4,6-7,13H,3,5,8-11H2,1-2H3/b6-4+,12-7-. The number of hydrogen-bond donors (Lipinski definition) is 0. The summed E-state index contributed by atoms with van der Waals surface area (Å²) >= 11 is 0. The molecule has 0 radical (unpaired) electrons. The molecular formula is C14H22. The molecule has 1 unspecified atom stereocenters. The van der Waals surface area contributed by atoms with E-state index in [9.17, 15) is 0 Å². The lowest BCUT2D eigenvalue weighted by Crippen LogP contribution is -2.20. The lowest BCUT2D eigenvalue weighted by atomic mass is 9.75. The maximum absolute atomic E-state index is 2.49. The van der Waals surface area contributed by atoms with Crippen LogP contribution in [0.5, 0.6) is 0 Å². The van der Waals surface area contributed by atoms with Crippen molar-refractivity contribution in [2.75, 3.05) is 0 Å². The van der Waals surface area contributed by atoms with Gasteiger partial charge in [0.15, 0.2) is 0 Å². The molecule has 0 saturated heterocycles. The van der Waals surface area contributed by atoms with Crippen molar-refractivity contribution in [3.8, 4) is 0 Å². The highest BCUT2D eigenvalue weighted by atomic mass is 14.4. The number of allylic oxidation sites excluding steroid dienone is 4. The van der Waals surface area contributed by atoms with E-state index in [1.165, 1.54) is 38.5 Å². The Kier molecular flexibility index (Phi) is 2.80. The summed E-state index contributed by atoms with van der Waals surface area (Å²) in [6, 6.07) is 0. The summed E-state index contributed by atoms with van der Waals surface area (Å²) in [5.74, 6) is 0.927. The molecule has 2 aliphatic carbocycles. The van der Waals surface area contributed by atoms with Gasteiger partial charge >= 0.3 is 0 Å². The van der Waals surface area contributed by atoms with Crippen LogP contribution < -0.4 is 0 Å². The molecule has 0 spiro atoms. The Morgan fingerprint density at radius 3 is 2.93 bits per heavy atom. The van der Waals surface area contributed by atoms with E-state index >= 15 is 0 Å². The first kappa shape index (κ1) is 10.0. The second-order valence-electron chi connectivity index (χ2n) is 5.54. The molecule has 0 amide bonds. The number of rotatable bonds is 0. The van der Waals surface area contributed by atoms with Gasteiger partial charge in [-0.2, -0.15) is 0 Å². The summed E-state index contributed by atoms with van der Waals surface area (Å²) < 4.78 is 0. The zero-order valence-electron chi connectivity index (χ0n) is 9.55. The van der Waals surface area contributed by atoms with Gasteiger partial charge in [0.25, 0.3) is 0 Å². The van der Waals surface area contributed by atoms with Crippen LogP contribution in [0.4, 0.5) is 0 Å². The monoisotopic (exact) mass is 190 g/mol. The normalized spacial score (nSPS) is 37.3. The summed E-state index contributed by atoms with van der Waals surface area (Å²) in [7, 11) is 0. The zero-order valence-corrected chi connectivity index (χ0v) is 9.55. The smallest absolute Gasteiger partial charge is 0.0286 e. The first-order chi connectivity index (χ1) is 6.68. The van der Waals surface area contributed by atoms with Crippen molar-refractivity contribution in [1.29, 1.82) is 0 Å². The van der Waals surface area contributed by atoms with Gasteiger partial charge < -0.3 is 0 Å². The van der Waals surface area contributed by atoms with E-state index in [-0.39, 0.29) is 0 Å². The third kappa shape index (κ3) is 2.10. The summed E-state index contributed by atoms with van der Waals surface area (Å²) in [5.41, 5.74) is 2.25. The molecule has 0 aromatic carbocycles. The van der Waals surface area contributed by atoms with Crippen molar-refractivity contribution >= 4 is 0 Å². The van der Waals surface area contributed by atoms with Crippen LogP contribution >= 0.6 is 0 Å². The van der Waals surface area contributed by atoms with E-state index in [4.69, 9.17) is 0 Å². The quantitative estimate of drug-likeness (QED) is 0.494. The largest absolute Gasteiger partial charge is 0.0882 e. The molecule has 0 aliphatic heterocycles. The Balaban J connectivity index is 2.16. The Morgan fingerprint density at radius 2 is 2.07 bits per heavy atom. The number of hydrogen-bond acceptors (Lipinski definition) is 0. The first-order valence-electron chi connectivity index (χ1n) is 6.01. The molecule has 0 heterocycles. The van der Waals surface area contributed by atoms with Crippen molar-refractivity contribution in [1.82, 2.24) is 0 Å². The predicted octanol–water partition coefficient (Wildman–Crippen LogP) is 4.48. The van der Waals surface area contributed by atoms with Crippen LogP contribution in [0.15, 0.2) is 23.8 Å². The molecule has 1 atom stereocenters. The predicted molar refractivity (Wildman–Crippen MR) is 62.2 cm³/mol. The maximum atomic E-state index is 2.49. The molecule has 0 heteroatoms. The van der Waals surface area contributed by atoms with E-state index in [2.05, 4.69) is 32.1 Å². The van der Waals surface area contributed by atoms with Crippen molar-refractivity contribution in [3.05, 3.63) is 23.8 Å². The topological polar surface area (TPSA) is 0 Å². The highest BCUT2D eigenvalue weighted by molar-refractivity contribution is 5.12. The average molecular weight is 190 g/mol. The molecule has 2 bridgehead atoms. The minimum atomic E-state index is 0.517. The molecule has 0 N–H and O–H groups in total. The summed E-state index contributed by atoms with van der Waals surface area (Å²) in [6.07, 6.45) is 15.2. The second-order valence-corrected chi connectivity index (χ2v) is 5.54. The lowest BCUT2D eigenvalue weighted by Gasteiger charge is -2.30. The molecule has 14 heavy (non-hydrogen) atoms. The Morgan fingerprint density at radius 1 is 1.21 bits per heavy atom. The Hall–Kier alpha value is -0.520. The third-order valence-electron chi connectivity index (χ3n) is 4.00. The summed E-state index contributed by atoms with van der Waals surface area (Å²) in [4.78, 5) is 0. The van der Waals surface area contributed by atoms with Gasteiger partial charge in [0.2, 0.25) is 0 Å². The Bertz CT molecular complexity index is 255. The minimum Gasteiger partial charge on any atom is -0.0882 e. The third-order valence-corrected chi connectivity index (χ3v) is 4.00. The molecule has 0 nitrogen and oxygen atoms in total. The van der Waals surface area contributed by atoms with Crippen LogP contribution in [0, 0.1) is 11.3 Å². The van der Waals surface area contributed by atoms with Crippen molar-refractivity contribution < 1.29 is 0 Å². The van der Waals surface area contributed by atoms with Gasteiger partial charge in [0, 0.05) is 0 Å². The fourth-order valence-corrected chi connectivity index (χ4v) is 2.79. The van der Waals surface area contributed by atoms with Gasteiger partial charge in [-0.1, -0.05) is 37.6 Å². The van der Waals surface area contributed by atoms with Crippen LogP contribution in [0.25, 0.3) is 0 Å². The molecule has 1 saturated carbocycles. The molecule has 0 aromatic rings. The molecular weight excluding hydrogens is 168 g/mol. The lowest BCUT2D eigenvalue weighted by molar-refractivity contribution is 0.222. The van der Waals surface area contributed by atoms with Crippen LogP contribution in [-0.2, 0) is 0 Å². The van der Waals surface area contributed by atoms with Crippen molar-refractivity contribution in [2.45, 2.75) is 52.4 Å². The molecule has 0 aromatic heterocycles. The minimum absolute atomic E-state index is 0.517. The van der Waals surface area contributed by atoms with Crippen LogP contribution in [0.1, 0.15) is 52.4 Å². The van der Waals surface area contributed by atoms with Gasteiger partial charge in [-0.05, 0) is 49.9 Å². The van der Waals surface area contributed by atoms with E-state index in [1.807, 2.05) is 0 Å². The highest BCUT2D eigenvalue weighted by Crippen LogP contribution is 2.44. The summed E-state index contributed by atoms with van der Waals surface area (Å²) in [6.45, 7) is 4.87. The molecule has 2 aliphatic rings. The van der Waals surface area contributed by atoms with Crippen LogP contribution in [-0.4, -0.2) is 0 Å². The average Bonchev–Trinajstić information content (AvgIpc) is 2.59. The first-order valence-corrected chi connectivity index (χ1v) is 6.01. The van der Waals surface area contributed by atoms with Gasteiger partial charge in [-0.3, -0.25) is 0 Å². The van der Waals surface area contributed by atoms with Gasteiger partial charge in [0.1, 0.15) is 0 Å². The van der Waals surface area contributed by atoms with E-state index < -0.39 is 0 Å². The molecule has 78 valence electrons. The van der Waals surface area contributed by atoms with E-state index in [0.717, 1.165) is 5.92 Å². The SMILES string of the molecule is CC1(C)C/C=C/CC/C=C2/CCC1C2. The zero-order chi connectivity index (χ0) is 10.0. The van der Waals surface area contributed by atoms with Gasteiger partial charge in [-0.25, -0.2) is 0 Å². The maximum Gasteiger partial charge on any atom is -0.0286 e.